The highest BCUT2D eigenvalue weighted by Crippen LogP contribution is 2.24. The summed E-state index contributed by atoms with van der Waals surface area (Å²) in [6.45, 7) is 0. The highest BCUT2D eigenvalue weighted by atomic mass is 32.2. The highest BCUT2D eigenvalue weighted by Gasteiger charge is 2.29. The van der Waals surface area contributed by atoms with E-state index in [1.54, 1.807) is 6.20 Å². The minimum atomic E-state index is -2.99. The van der Waals surface area contributed by atoms with E-state index in [9.17, 15) is 23.1 Å². The summed E-state index contributed by atoms with van der Waals surface area (Å²) in [6.07, 6.45) is 2.47. The Hall–Kier alpha value is -2.00. The van der Waals surface area contributed by atoms with Crippen molar-refractivity contribution in [1.82, 2.24) is 10.3 Å². The number of fused-ring (bicyclic) bond motifs is 1. The fraction of sp³-hybridized carbons (Fsp3) is 0.412. The lowest BCUT2D eigenvalue weighted by atomic mass is 10.1. The maximum Gasteiger partial charge on any atom is 0.326 e. The number of H-pyrrole nitrogens is 1. The predicted molar refractivity (Wildman–Crippen MR) is 101 cm³/mol. The molecule has 1 aliphatic rings. The van der Waals surface area contributed by atoms with Crippen LogP contribution in [0.2, 0.25) is 0 Å². The molecule has 0 bridgehead atoms. The van der Waals surface area contributed by atoms with Crippen molar-refractivity contribution in [1.29, 1.82) is 0 Å². The molecule has 3 rings (SSSR count). The molecule has 1 saturated heterocycles. The normalized spacial score (nSPS) is 20.1. The van der Waals surface area contributed by atoms with E-state index in [2.05, 4.69) is 10.3 Å². The Morgan fingerprint density at radius 1 is 1.35 bits per heavy atom. The summed E-state index contributed by atoms with van der Waals surface area (Å²) in [5.74, 6) is -1.20. The molecule has 0 aliphatic carbocycles. The van der Waals surface area contributed by atoms with Crippen LogP contribution in [0.15, 0.2) is 30.5 Å². The molecule has 2 heterocycles. The summed E-state index contributed by atoms with van der Waals surface area (Å²) in [5.41, 5.74) is 1.74. The first kappa shape index (κ1) is 18.8. The largest absolute Gasteiger partial charge is 0.480 e. The summed E-state index contributed by atoms with van der Waals surface area (Å²) in [4.78, 5) is 26.7. The molecule has 0 radical (unpaired) electrons. The minimum absolute atomic E-state index is 0.0534. The molecular formula is C17H20N2O5S2. The van der Waals surface area contributed by atoms with Crippen molar-refractivity contribution in [2.45, 2.75) is 24.1 Å². The fourth-order valence-corrected chi connectivity index (χ4v) is 6.50. The molecule has 0 saturated carbocycles. The maximum absolute atomic E-state index is 12.1. The Labute approximate surface area is 155 Å². The van der Waals surface area contributed by atoms with Crippen LogP contribution < -0.4 is 5.32 Å². The van der Waals surface area contributed by atoms with E-state index < -0.39 is 27.8 Å². The van der Waals surface area contributed by atoms with Gasteiger partial charge in [0.05, 0.1) is 17.3 Å². The molecule has 26 heavy (non-hydrogen) atoms. The highest BCUT2D eigenvalue weighted by molar-refractivity contribution is 8.02. The molecule has 7 nitrogen and oxygen atoms in total. The van der Waals surface area contributed by atoms with Crippen LogP contribution in [0, 0.1) is 0 Å². The molecule has 1 aromatic heterocycles. The van der Waals surface area contributed by atoms with Gasteiger partial charge in [-0.3, -0.25) is 4.79 Å². The number of amides is 1. The van der Waals surface area contributed by atoms with Crippen molar-refractivity contribution < 1.29 is 23.1 Å². The third-order valence-electron chi connectivity index (χ3n) is 4.37. The van der Waals surface area contributed by atoms with Crippen molar-refractivity contribution in [3.63, 3.8) is 0 Å². The maximum atomic E-state index is 12.1. The van der Waals surface area contributed by atoms with Crippen LogP contribution in [0.1, 0.15) is 12.0 Å². The van der Waals surface area contributed by atoms with Gasteiger partial charge in [0.25, 0.3) is 0 Å². The average Bonchev–Trinajstić information content (AvgIpc) is 3.15. The van der Waals surface area contributed by atoms with Crippen LogP contribution >= 0.6 is 11.8 Å². The number of thioether (sulfide) groups is 1. The van der Waals surface area contributed by atoms with Gasteiger partial charge in [0.1, 0.15) is 6.04 Å². The van der Waals surface area contributed by atoms with Gasteiger partial charge >= 0.3 is 5.97 Å². The summed E-state index contributed by atoms with van der Waals surface area (Å²) >= 11 is 1.27. The zero-order valence-electron chi connectivity index (χ0n) is 14.0. The average molecular weight is 396 g/mol. The number of rotatable bonds is 7. The molecule has 140 valence electrons. The van der Waals surface area contributed by atoms with E-state index in [1.807, 2.05) is 24.3 Å². The van der Waals surface area contributed by atoms with Gasteiger partial charge in [0.2, 0.25) is 5.91 Å². The number of carboxylic acid groups (broad SMARTS) is 1. The quantitative estimate of drug-likeness (QED) is 0.648. The topological polar surface area (TPSA) is 116 Å². The molecule has 9 heteroatoms. The van der Waals surface area contributed by atoms with Gasteiger partial charge in [-0.2, -0.15) is 0 Å². The zero-order chi connectivity index (χ0) is 18.7. The van der Waals surface area contributed by atoms with Crippen LogP contribution in [0.4, 0.5) is 0 Å². The number of carbonyl (C=O) groups excluding carboxylic acids is 1. The first-order valence-corrected chi connectivity index (χ1v) is 11.1. The molecule has 1 amide bonds. The summed E-state index contributed by atoms with van der Waals surface area (Å²) in [6, 6.07) is 6.53. The number of hydrogen-bond donors (Lipinski definition) is 3. The van der Waals surface area contributed by atoms with Crippen LogP contribution in [0.25, 0.3) is 10.9 Å². The van der Waals surface area contributed by atoms with Crippen molar-refractivity contribution in [2.75, 3.05) is 17.3 Å². The lowest BCUT2D eigenvalue weighted by Crippen LogP contribution is -2.43. The molecule has 1 aromatic carbocycles. The lowest BCUT2D eigenvalue weighted by Gasteiger charge is -2.15. The number of benzene rings is 1. The van der Waals surface area contributed by atoms with Crippen molar-refractivity contribution >= 4 is 44.4 Å². The van der Waals surface area contributed by atoms with Gasteiger partial charge in [-0.05, 0) is 18.1 Å². The Morgan fingerprint density at radius 2 is 2.12 bits per heavy atom. The number of para-hydroxylation sites is 1. The van der Waals surface area contributed by atoms with Crippen molar-refractivity contribution in [3.8, 4) is 0 Å². The number of carboxylic acids is 1. The van der Waals surface area contributed by atoms with E-state index in [0.717, 1.165) is 16.5 Å². The Kier molecular flexibility index (Phi) is 5.57. The van der Waals surface area contributed by atoms with Gasteiger partial charge < -0.3 is 15.4 Å². The lowest BCUT2D eigenvalue weighted by molar-refractivity contribution is -0.141. The molecule has 2 aromatic rings. The van der Waals surface area contributed by atoms with E-state index >= 15 is 0 Å². The Morgan fingerprint density at radius 3 is 2.81 bits per heavy atom. The zero-order valence-corrected chi connectivity index (χ0v) is 15.6. The molecule has 1 fully saturated rings. The molecule has 3 N–H and O–H groups in total. The van der Waals surface area contributed by atoms with Gasteiger partial charge in [0, 0.05) is 28.8 Å². The number of carbonyl (C=O) groups is 2. The number of aromatic nitrogens is 1. The first-order valence-electron chi connectivity index (χ1n) is 8.23. The second kappa shape index (κ2) is 7.71. The molecule has 1 aliphatic heterocycles. The van der Waals surface area contributed by atoms with Gasteiger partial charge in [-0.1, -0.05) is 18.2 Å². The summed E-state index contributed by atoms with van der Waals surface area (Å²) in [5, 5.41) is 12.8. The van der Waals surface area contributed by atoms with E-state index in [1.165, 1.54) is 11.8 Å². The smallest absolute Gasteiger partial charge is 0.326 e. The first-order chi connectivity index (χ1) is 12.3. The Bertz CT molecular complexity index is 922. The fourth-order valence-electron chi connectivity index (χ4n) is 3.04. The van der Waals surface area contributed by atoms with Crippen LogP contribution in [-0.4, -0.2) is 58.9 Å². The van der Waals surface area contributed by atoms with E-state index in [4.69, 9.17) is 0 Å². The minimum Gasteiger partial charge on any atom is -0.480 e. The summed E-state index contributed by atoms with van der Waals surface area (Å²) in [7, 11) is -2.99. The number of hydrogen-bond acceptors (Lipinski definition) is 5. The Balaban J connectivity index is 1.58. The second-order valence-electron chi connectivity index (χ2n) is 6.36. The summed E-state index contributed by atoms with van der Waals surface area (Å²) < 4.78 is 22.9. The molecular weight excluding hydrogens is 376 g/mol. The van der Waals surface area contributed by atoms with Gasteiger partial charge in [-0.15, -0.1) is 11.8 Å². The number of aliphatic carboxylic acids is 1. The SMILES string of the molecule is O=C(CSC1CCS(=O)(=O)C1)NC(Cc1c[nH]c2ccccc12)C(=O)O. The van der Waals surface area contributed by atoms with Gasteiger partial charge in [-0.25, -0.2) is 13.2 Å². The van der Waals surface area contributed by atoms with E-state index in [0.29, 0.717) is 6.42 Å². The second-order valence-corrected chi connectivity index (χ2v) is 9.88. The third kappa shape index (κ3) is 4.59. The number of sulfone groups is 1. The van der Waals surface area contributed by atoms with Crippen molar-refractivity contribution in [2.24, 2.45) is 0 Å². The van der Waals surface area contributed by atoms with Crippen LogP contribution in [0.5, 0.6) is 0 Å². The molecule has 2 atom stereocenters. The number of aromatic amines is 1. The third-order valence-corrected chi connectivity index (χ3v) is 7.65. The van der Waals surface area contributed by atoms with Crippen LogP contribution in [-0.2, 0) is 25.8 Å². The standard InChI is InChI=1S/C17H20N2O5S2/c20-16(9-25-12-5-6-26(23,24)10-12)19-15(17(21)22)7-11-8-18-14-4-2-1-3-13(11)14/h1-4,8,12,15,18H,5-7,9-10H2,(H,19,20)(H,21,22). The molecule has 0 spiro atoms. The molecule has 2 unspecified atom stereocenters. The monoisotopic (exact) mass is 396 g/mol. The van der Waals surface area contributed by atoms with Crippen molar-refractivity contribution in [3.05, 3.63) is 36.0 Å². The van der Waals surface area contributed by atoms with E-state index in [-0.39, 0.29) is 28.9 Å². The van der Waals surface area contributed by atoms with Gasteiger partial charge in [0.15, 0.2) is 9.84 Å². The number of nitrogens with one attached hydrogen (secondary N) is 2. The van der Waals surface area contributed by atoms with Crippen LogP contribution in [0.3, 0.4) is 0 Å². The predicted octanol–water partition coefficient (Wildman–Crippen LogP) is 1.20.